The molecule has 0 saturated heterocycles. The highest BCUT2D eigenvalue weighted by Gasteiger charge is 2.45. The molecule has 9 nitrogen and oxygen atoms in total. The lowest BCUT2D eigenvalue weighted by Gasteiger charge is -2.31. The van der Waals surface area contributed by atoms with Crippen LogP contribution in [-0.2, 0) is 29.4 Å². The van der Waals surface area contributed by atoms with Crippen LogP contribution in [0.3, 0.4) is 0 Å². The third-order valence-corrected chi connectivity index (χ3v) is 9.90. The maximum absolute atomic E-state index is 15.0. The Labute approximate surface area is 244 Å². The van der Waals surface area contributed by atoms with Gasteiger partial charge in [-0.3, -0.25) is 9.48 Å². The molecular weight excluding hydrogens is 586 g/mol. The number of carbonyl (C=O) groups is 1. The zero-order valence-electron chi connectivity index (χ0n) is 22.3. The lowest BCUT2D eigenvalue weighted by molar-refractivity contribution is -0.0126. The van der Waals surface area contributed by atoms with Crippen molar-refractivity contribution < 1.29 is 22.0 Å². The van der Waals surface area contributed by atoms with Crippen LogP contribution in [0.5, 0.6) is 0 Å². The Balaban J connectivity index is 1.37. The Morgan fingerprint density at radius 3 is 2.62 bits per heavy atom. The van der Waals surface area contributed by atoms with Gasteiger partial charge in [0, 0.05) is 42.7 Å². The first-order chi connectivity index (χ1) is 20.0. The third-order valence-electron chi connectivity index (χ3n) is 7.82. The van der Waals surface area contributed by atoms with Crippen molar-refractivity contribution in [2.45, 2.75) is 42.5 Å². The maximum Gasteiger partial charge on any atom is 0.275 e. The number of nitrogens with zero attached hydrogens (tertiary/aromatic N) is 6. The molecule has 0 spiro atoms. The van der Waals surface area contributed by atoms with Gasteiger partial charge in [-0.1, -0.05) is 35.9 Å². The molecule has 0 bridgehead atoms. The van der Waals surface area contributed by atoms with Gasteiger partial charge in [0.15, 0.2) is 9.84 Å². The summed E-state index contributed by atoms with van der Waals surface area (Å²) in [7, 11) is -2.32. The van der Waals surface area contributed by atoms with Gasteiger partial charge in [0.2, 0.25) is 0 Å². The molecule has 3 aromatic heterocycles. The first-order valence-corrected chi connectivity index (χ1v) is 15.3. The second kappa shape index (κ2) is 9.50. The zero-order valence-corrected chi connectivity index (χ0v) is 23.8. The molecule has 2 aliphatic rings. The van der Waals surface area contributed by atoms with E-state index in [1.54, 1.807) is 30.1 Å². The second-order valence-electron chi connectivity index (χ2n) is 10.7. The highest BCUT2D eigenvalue weighted by Crippen LogP contribution is 2.45. The number of aryl methyl sites for hydroxylation is 1. The Bertz CT molecular complexity index is 2030. The van der Waals surface area contributed by atoms with Gasteiger partial charge in [0.1, 0.15) is 11.0 Å². The summed E-state index contributed by atoms with van der Waals surface area (Å²) in [6, 6.07) is 9.16. The summed E-state index contributed by atoms with van der Waals surface area (Å²) in [5, 5.41) is 5.99. The number of rotatable bonds is 5. The molecule has 5 aromatic rings. The zero-order chi connectivity index (χ0) is 29.4. The fourth-order valence-corrected chi connectivity index (χ4v) is 7.51. The van der Waals surface area contributed by atoms with E-state index in [9.17, 15) is 22.0 Å². The van der Waals surface area contributed by atoms with E-state index in [0.717, 1.165) is 29.8 Å². The SMILES string of the molecule is Cn1ncc2c(Cl)nc3cc(CN(C(=O)c4cnc(C5CC5)nc4)c4cccc5c4S(=O)(=O)CCC5(F)F)ccc3c21. The summed E-state index contributed by atoms with van der Waals surface area (Å²) >= 11 is 6.43. The predicted octanol–water partition coefficient (Wildman–Crippen LogP) is 5.56. The highest BCUT2D eigenvalue weighted by molar-refractivity contribution is 7.91. The molecule has 0 N–H and O–H groups in total. The lowest BCUT2D eigenvalue weighted by atomic mass is 10.0. The van der Waals surface area contributed by atoms with Crippen molar-refractivity contribution in [3.05, 3.63) is 82.7 Å². The van der Waals surface area contributed by atoms with Crippen LogP contribution >= 0.6 is 11.6 Å². The van der Waals surface area contributed by atoms with E-state index < -0.39 is 44.3 Å². The van der Waals surface area contributed by atoms with Crippen molar-refractivity contribution in [3.63, 3.8) is 0 Å². The number of fused-ring (bicyclic) bond motifs is 4. The van der Waals surface area contributed by atoms with Crippen molar-refractivity contribution in [1.29, 1.82) is 0 Å². The van der Waals surface area contributed by atoms with Crippen molar-refractivity contribution in [3.8, 4) is 0 Å². The minimum Gasteiger partial charge on any atom is -0.303 e. The molecule has 1 saturated carbocycles. The van der Waals surface area contributed by atoms with Gasteiger partial charge in [0.05, 0.1) is 51.1 Å². The number of amides is 1. The topological polar surface area (TPSA) is 111 Å². The predicted molar refractivity (Wildman–Crippen MR) is 153 cm³/mol. The lowest BCUT2D eigenvalue weighted by Crippen LogP contribution is -2.35. The normalized spacial score (nSPS) is 17.3. The molecule has 1 aliphatic heterocycles. The largest absolute Gasteiger partial charge is 0.303 e. The standard InChI is InChI=1S/C29H23ClF2N6O3S/c1-37-24-19-8-5-16(11-22(19)36-26(30)20(24)14-35-37)15-38(28(39)18-12-33-27(34-13-18)17-6-7-17)23-4-2-3-21-25(23)42(40,41)10-9-29(21,31)32/h2-5,8,11-14,17H,6-7,9-10,15H2,1H3. The van der Waals surface area contributed by atoms with Gasteiger partial charge >= 0.3 is 0 Å². The van der Waals surface area contributed by atoms with Gasteiger partial charge in [-0.25, -0.2) is 32.2 Å². The third kappa shape index (κ3) is 4.40. The minimum atomic E-state index is -4.11. The molecule has 7 rings (SSSR count). The summed E-state index contributed by atoms with van der Waals surface area (Å²) in [6.07, 6.45) is 5.56. The van der Waals surface area contributed by atoms with Gasteiger partial charge < -0.3 is 4.90 Å². The minimum absolute atomic E-state index is 0.107. The molecule has 4 heterocycles. The average Bonchev–Trinajstić information content (AvgIpc) is 3.75. The maximum atomic E-state index is 15.0. The first-order valence-electron chi connectivity index (χ1n) is 13.3. The molecule has 1 aliphatic carbocycles. The van der Waals surface area contributed by atoms with E-state index in [0.29, 0.717) is 22.3 Å². The smallest absolute Gasteiger partial charge is 0.275 e. The molecule has 0 atom stereocenters. The van der Waals surface area contributed by atoms with Crippen LogP contribution in [0.4, 0.5) is 14.5 Å². The molecule has 214 valence electrons. The van der Waals surface area contributed by atoms with Crippen LogP contribution in [0.15, 0.2) is 59.9 Å². The number of anilines is 1. The quantitative estimate of drug-likeness (QED) is 0.240. The van der Waals surface area contributed by atoms with Crippen LogP contribution in [0, 0.1) is 0 Å². The van der Waals surface area contributed by atoms with Crippen LogP contribution in [0.25, 0.3) is 21.8 Å². The fraction of sp³-hybridized carbons (Fsp3) is 0.276. The number of hydrogen-bond donors (Lipinski definition) is 0. The Morgan fingerprint density at radius 2 is 1.88 bits per heavy atom. The number of aromatic nitrogens is 5. The molecule has 2 aromatic carbocycles. The van der Waals surface area contributed by atoms with Crippen LogP contribution in [0.2, 0.25) is 5.15 Å². The first kappa shape index (κ1) is 26.8. The molecule has 1 amide bonds. The molecule has 0 radical (unpaired) electrons. The second-order valence-corrected chi connectivity index (χ2v) is 13.1. The van der Waals surface area contributed by atoms with E-state index in [4.69, 9.17) is 11.6 Å². The summed E-state index contributed by atoms with van der Waals surface area (Å²) in [5.41, 5.74) is 1.26. The van der Waals surface area contributed by atoms with E-state index in [1.165, 1.54) is 29.4 Å². The van der Waals surface area contributed by atoms with Crippen molar-refractivity contribution in [1.82, 2.24) is 24.7 Å². The fourth-order valence-electron chi connectivity index (χ4n) is 5.50. The van der Waals surface area contributed by atoms with Gasteiger partial charge in [-0.15, -0.1) is 0 Å². The Hall–Kier alpha value is -4.03. The molecule has 1 fully saturated rings. The number of carbonyl (C=O) groups excluding carboxylic acids is 1. The van der Waals surface area contributed by atoms with Gasteiger partial charge in [0.25, 0.3) is 11.8 Å². The highest BCUT2D eigenvalue weighted by atomic mass is 35.5. The Kier molecular flexibility index (Phi) is 6.07. The number of alkyl halides is 2. The molecule has 0 unspecified atom stereocenters. The van der Waals surface area contributed by atoms with Crippen LogP contribution < -0.4 is 4.90 Å². The van der Waals surface area contributed by atoms with Crippen molar-refractivity contribution in [2.75, 3.05) is 10.7 Å². The monoisotopic (exact) mass is 608 g/mol. The summed E-state index contributed by atoms with van der Waals surface area (Å²) in [4.78, 5) is 27.9. The van der Waals surface area contributed by atoms with E-state index in [1.807, 2.05) is 6.07 Å². The van der Waals surface area contributed by atoms with E-state index in [-0.39, 0.29) is 28.9 Å². The summed E-state index contributed by atoms with van der Waals surface area (Å²) < 4.78 is 58.1. The van der Waals surface area contributed by atoms with E-state index in [2.05, 4.69) is 20.1 Å². The molecule has 13 heteroatoms. The Morgan fingerprint density at radius 1 is 1.12 bits per heavy atom. The summed E-state index contributed by atoms with van der Waals surface area (Å²) in [6.45, 7) is -0.139. The van der Waals surface area contributed by atoms with Gasteiger partial charge in [-0.05, 0) is 30.5 Å². The van der Waals surface area contributed by atoms with Crippen molar-refractivity contribution >= 4 is 54.8 Å². The van der Waals surface area contributed by atoms with Crippen LogP contribution in [-0.4, -0.2) is 44.8 Å². The average molecular weight is 609 g/mol. The number of sulfone groups is 1. The van der Waals surface area contributed by atoms with Crippen LogP contribution in [0.1, 0.15) is 52.5 Å². The van der Waals surface area contributed by atoms with Gasteiger partial charge in [-0.2, -0.15) is 5.10 Å². The number of pyridine rings is 1. The number of halogens is 3. The summed E-state index contributed by atoms with van der Waals surface area (Å²) in [5.74, 6) is -3.82. The number of benzene rings is 2. The molecular formula is C29H23ClF2N6O3S. The number of hydrogen-bond acceptors (Lipinski definition) is 7. The molecule has 42 heavy (non-hydrogen) atoms. The van der Waals surface area contributed by atoms with E-state index >= 15 is 0 Å². The van der Waals surface area contributed by atoms with Crippen molar-refractivity contribution in [2.24, 2.45) is 7.05 Å².